The molecule has 0 fully saturated rings. The Balaban J connectivity index is 2.27. The van der Waals surface area contributed by atoms with Crippen LogP contribution < -0.4 is 0 Å². The minimum absolute atomic E-state index is 0.139. The highest BCUT2D eigenvalue weighted by molar-refractivity contribution is 5.76. The van der Waals surface area contributed by atoms with Crippen molar-refractivity contribution in [1.29, 1.82) is 0 Å². The van der Waals surface area contributed by atoms with Gasteiger partial charge in [-0.25, -0.2) is 14.4 Å². The maximum atomic E-state index is 13.1. The minimum Gasteiger partial charge on any atom is -0.481 e. The molecule has 0 aliphatic rings. The first-order chi connectivity index (χ1) is 8.66. The van der Waals surface area contributed by atoms with E-state index in [1.54, 1.807) is 24.5 Å². The molecule has 0 bridgehead atoms. The summed E-state index contributed by atoms with van der Waals surface area (Å²) in [4.78, 5) is 19.2. The lowest BCUT2D eigenvalue weighted by Crippen LogP contribution is -2.16. The van der Waals surface area contributed by atoms with Gasteiger partial charge in [-0.2, -0.15) is 0 Å². The van der Waals surface area contributed by atoms with Gasteiger partial charge in [-0.15, -0.1) is 0 Å². The number of carbonyl (C=O) groups is 1. The summed E-state index contributed by atoms with van der Waals surface area (Å²) in [6.07, 6.45) is 3.24. The number of carboxylic acid groups (broad SMARTS) is 1. The molecule has 1 aromatic heterocycles. The SMILES string of the molecule is O=C(O)C(Cc1ncccn1)c1cccc(F)c1. The average molecular weight is 246 g/mol. The number of hydrogen-bond acceptors (Lipinski definition) is 3. The van der Waals surface area contributed by atoms with E-state index in [2.05, 4.69) is 9.97 Å². The molecule has 18 heavy (non-hydrogen) atoms. The van der Waals surface area contributed by atoms with Crippen molar-refractivity contribution in [3.8, 4) is 0 Å². The van der Waals surface area contributed by atoms with Crippen molar-refractivity contribution in [3.05, 3.63) is 59.9 Å². The van der Waals surface area contributed by atoms with Crippen LogP contribution in [-0.2, 0) is 11.2 Å². The zero-order valence-corrected chi connectivity index (χ0v) is 9.45. The van der Waals surface area contributed by atoms with Crippen molar-refractivity contribution < 1.29 is 14.3 Å². The minimum atomic E-state index is -1.02. The molecule has 0 aliphatic heterocycles. The Bertz CT molecular complexity index is 546. The van der Waals surface area contributed by atoms with Crippen molar-refractivity contribution >= 4 is 5.97 Å². The lowest BCUT2D eigenvalue weighted by atomic mass is 9.95. The quantitative estimate of drug-likeness (QED) is 0.896. The van der Waals surface area contributed by atoms with Gasteiger partial charge in [0, 0.05) is 18.8 Å². The largest absolute Gasteiger partial charge is 0.481 e. The van der Waals surface area contributed by atoms with Gasteiger partial charge in [0.1, 0.15) is 11.6 Å². The molecule has 0 saturated carbocycles. The molecule has 0 radical (unpaired) electrons. The van der Waals surface area contributed by atoms with E-state index in [4.69, 9.17) is 0 Å². The molecular formula is C13H11FN2O2. The lowest BCUT2D eigenvalue weighted by Gasteiger charge is -2.11. The van der Waals surface area contributed by atoms with Gasteiger partial charge in [-0.1, -0.05) is 12.1 Å². The summed E-state index contributed by atoms with van der Waals surface area (Å²) in [5.41, 5.74) is 0.412. The molecule has 0 saturated heterocycles. The van der Waals surface area contributed by atoms with Crippen LogP contribution >= 0.6 is 0 Å². The number of carboxylic acids is 1. The zero-order chi connectivity index (χ0) is 13.0. The van der Waals surface area contributed by atoms with Gasteiger partial charge in [0.25, 0.3) is 0 Å². The van der Waals surface area contributed by atoms with Crippen LogP contribution in [0.3, 0.4) is 0 Å². The van der Waals surface area contributed by atoms with Crippen LogP contribution in [0.2, 0.25) is 0 Å². The van der Waals surface area contributed by atoms with E-state index in [9.17, 15) is 14.3 Å². The number of hydrogen-bond donors (Lipinski definition) is 1. The van der Waals surface area contributed by atoms with Crippen LogP contribution in [0.15, 0.2) is 42.7 Å². The number of nitrogens with zero attached hydrogens (tertiary/aromatic N) is 2. The van der Waals surface area contributed by atoms with E-state index >= 15 is 0 Å². The van der Waals surface area contributed by atoms with Crippen LogP contribution in [0.25, 0.3) is 0 Å². The molecule has 92 valence electrons. The van der Waals surface area contributed by atoms with Crippen molar-refractivity contribution in [2.45, 2.75) is 12.3 Å². The Morgan fingerprint density at radius 3 is 2.61 bits per heavy atom. The topological polar surface area (TPSA) is 63.1 Å². The van der Waals surface area contributed by atoms with Gasteiger partial charge in [0.05, 0.1) is 5.92 Å². The van der Waals surface area contributed by atoms with Crippen LogP contribution in [-0.4, -0.2) is 21.0 Å². The first-order valence-corrected chi connectivity index (χ1v) is 5.41. The van der Waals surface area contributed by atoms with Crippen LogP contribution in [0.5, 0.6) is 0 Å². The molecule has 1 N–H and O–H groups in total. The second-order valence-corrected chi connectivity index (χ2v) is 3.81. The van der Waals surface area contributed by atoms with Gasteiger partial charge >= 0.3 is 5.97 Å². The summed E-state index contributed by atoms with van der Waals surface area (Å²) < 4.78 is 13.1. The van der Waals surface area contributed by atoms with Crippen molar-refractivity contribution in [2.24, 2.45) is 0 Å². The highest BCUT2D eigenvalue weighted by atomic mass is 19.1. The van der Waals surface area contributed by atoms with Gasteiger partial charge in [-0.05, 0) is 23.8 Å². The average Bonchev–Trinajstić information content (AvgIpc) is 2.37. The smallest absolute Gasteiger partial charge is 0.311 e. The lowest BCUT2D eigenvalue weighted by molar-refractivity contribution is -0.138. The number of aromatic nitrogens is 2. The predicted molar refractivity (Wildman–Crippen MR) is 62.5 cm³/mol. The van der Waals surface area contributed by atoms with Crippen LogP contribution in [0, 0.1) is 5.82 Å². The van der Waals surface area contributed by atoms with Crippen LogP contribution in [0.4, 0.5) is 4.39 Å². The molecule has 5 heteroatoms. The highest BCUT2D eigenvalue weighted by Gasteiger charge is 2.21. The van der Waals surface area contributed by atoms with Gasteiger partial charge in [-0.3, -0.25) is 4.79 Å². The summed E-state index contributed by atoms with van der Waals surface area (Å²) in [6.45, 7) is 0. The standard InChI is InChI=1S/C13H11FN2O2/c14-10-4-1-3-9(7-10)11(13(17)18)8-12-15-5-2-6-16-12/h1-7,11H,8H2,(H,17,18). The Kier molecular flexibility index (Phi) is 3.62. The van der Waals surface area contributed by atoms with E-state index in [1.807, 2.05) is 0 Å². The summed E-state index contributed by atoms with van der Waals surface area (Å²) in [5.74, 6) is -1.89. The first kappa shape index (κ1) is 12.2. The molecule has 1 atom stereocenters. The molecule has 2 aromatic rings. The fourth-order valence-corrected chi connectivity index (χ4v) is 1.69. The van der Waals surface area contributed by atoms with E-state index in [-0.39, 0.29) is 6.42 Å². The molecule has 2 rings (SSSR count). The molecule has 4 nitrogen and oxygen atoms in total. The fourth-order valence-electron chi connectivity index (χ4n) is 1.69. The second kappa shape index (κ2) is 5.35. The summed E-state index contributed by atoms with van der Waals surface area (Å²) in [5, 5.41) is 9.20. The summed E-state index contributed by atoms with van der Waals surface area (Å²) in [6, 6.07) is 7.24. The molecular weight excluding hydrogens is 235 g/mol. The van der Waals surface area contributed by atoms with E-state index < -0.39 is 17.7 Å². The number of rotatable bonds is 4. The number of benzene rings is 1. The summed E-state index contributed by atoms with van der Waals surface area (Å²) in [7, 11) is 0. The van der Waals surface area contributed by atoms with Crippen molar-refractivity contribution in [3.63, 3.8) is 0 Å². The Labute approximate surface area is 103 Å². The predicted octanol–water partition coefficient (Wildman–Crippen LogP) is 2.03. The first-order valence-electron chi connectivity index (χ1n) is 5.41. The molecule has 1 heterocycles. The van der Waals surface area contributed by atoms with Gasteiger partial charge in [0.15, 0.2) is 0 Å². The third kappa shape index (κ3) is 2.88. The Morgan fingerprint density at radius 2 is 2.00 bits per heavy atom. The monoisotopic (exact) mass is 246 g/mol. The third-order valence-corrected chi connectivity index (χ3v) is 2.56. The zero-order valence-electron chi connectivity index (χ0n) is 9.45. The maximum absolute atomic E-state index is 13.1. The van der Waals surface area contributed by atoms with E-state index in [1.165, 1.54) is 18.2 Å². The molecule has 0 aliphatic carbocycles. The van der Waals surface area contributed by atoms with E-state index in [0.717, 1.165) is 0 Å². The van der Waals surface area contributed by atoms with Gasteiger partial charge in [0.2, 0.25) is 0 Å². The van der Waals surface area contributed by atoms with Crippen molar-refractivity contribution in [1.82, 2.24) is 9.97 Å². The number of aliphatic carboxylic acids is 1. The van der Waals surface area contributed by atoms with Crippen molar-refractivity contribution in [2.75, 3.05) is 0 Å². The molecule has 0 amide bonds. The third-order valence-electron chi connectivity index (χ3n) is 2.56. The Morgan fingerprint density at radius 1 is 1.28 bits per heavy atom. The second-order valence-electron chi connectivity index (χ2n) is 3.81. The Hall–Kier alpha value is -2.30. The normalized spacial score (nSPS) is 12.1. The van der Waals surface area contributed by atoms with Gasteiger partial charge < -0.3 is 5.11 Å². The highest BCUT2D eigenvalue weighted by Crippen LogP contribution is 2.20. The molecule has 1 unspecified atom stereocenters. The fraction of sp³-hybridized carbons (Fsp3) is 0.154. The maximum Gasteiger partial charge on any atom is 0.311 e. The number of halogens is 1. The van der Waals surface area contributed by atoms with Crippen LogP contribution in [0.1, 0.15) is 17.3 Å². The van der Waals surface area contributed by atoms with E-state index in [0.29, 0.717) is 11.4 Å². The molecule has 0 spiro atoms. The summed E-state index contributed by atoms with van der Waals surface area (Å²) >= 11 is 0. The molecule has 1 aromatic carbocycles.